The lowest BCUT2D eigenvalue weighted by Gasteiger charge is -2.16. The Morgan fingerprint density at radius 2 is 1.50 bits per heavy atom. The second-order valence-corrected chi connectivity index (χ2v) is 7.13. The Hall–Kier alpha value is -0.990. The fraction of sp³-hybridized carbons (Fsp3) is 0.400. The summed E-state index contributed by atoms with van der Waals surface area (Å²) >= 11 is 0. The van der Waals surface area contributed by atoms with E-state index < -0.39 is 25.1 Å². The first-order chi connectivity index (χ1) is 8.19. The third-order valence-corrected chi connectivity index (χ3v) is 5.06. The number of rotatable bonds is 5. The van der Waals surface area contributed by atoms with Crippen molar-refractivity contribution >= 4 is 20.2 Å². The second kappa shape index (κ2) is 5.33. The van der Waals surface area contributed by atoms with Gasteiger partial charge in [0.15, 0.2) is 0 Å². The van der Waals surface area contributed by atoms with Crippen LogP contribution in [0.25, 0.3) is 0 Å². The number of halogens is 1. The molecule has 0 spiro atoms. The summed E-state index contributed by atoms with van der Waals surface area (Å²) in [7, 11) is -7.02. The average molecular weight is 295 g/mol. The van der Waals surface area contributed by atoms with Gasteiger partial charge in [-0.25, -0.2) is 12.7 Å². The quantitative estimate of drug-likeness (QED) is 0.769. The van der Waals surface area contributed by atoms with E-state index in [1.807, 2.05) is 6.92 Å². The highest BCUT2D eigenvalue weighted by molar-refractivity contribution is 7.89. The molecule has 0 aliphatic heterocycles. The predicted octanol–water partition coefficient (Wildman–Crippen LogP) is 1.38. The smallest absolute Gasteiger partial charge is 0.207 e. The third kappa shape index (κ3) is 3.27. The molecule has 0 saturated carbocycles. The van der Waals surface area contributed by atoms with Gasteiger partial charge in [0.25, 0.3) is 0 Å². The minimum absolute atomic E-state index is 0.0640. The fourth-order valence-corrected chi connectivity index (χ4v) is 3.11. The summed E-state index contributed by atoms with van der Waals surface area (Å²) in [6, 6.07) is 4.02. The lowest BCUT2D eigenvalue weighted by Crippen LogP contribution is -2.27. The summed E-state index contributed by atoms with van der Waals surface area (Å²) in [6.45, 7) is 2.19. The van der Waals surface area contributed by atoms with Crippen LogP contribution in [0.1, 0.15) is 13.3 Å². The Morgan fingerprint density at radius 3 is 1.89 bits per heavy atom. The first kappa shape index (κ1) is 15.1. The molecule has 102 valence electrons. The molecule has 8 heteroatoms. The third-order valence-electron chi connectivity index (χ3n) is 2.35. The molecule has 0 radical (unpaired) electrons. The normalized spacial score (nSPS) is 12.9. The summed E-state index contributed by atoms with van der Waals surface area (Å²) in [5.41, 5.74) is 0. The van der Waals surface area contributed by atoms with Crippen molar-refractivity contribution in [2.75, 3.05) is 13.6 Å². The zero-order valence-electron chi connectivity index (χ0n) is 10.00. The van der Waals surface area contributed by atoms with Gasteiger partial charge in [0, 0.05) is 13.6 Å². The number of benzene rings is 1. The monoisotopic (exact) mass is 295 g/mol. The lowest BCUT2D eigenvalue weighted by molar-refractivity contribution is 0.468. The van der Waals surface area contributed by atoms with E-state index in [4.69, 9.17) is 0 Å². The molecule has 0 atom stereocenters. The van der Waals surface area contributed by atoms with Crippen LogP contribution >= 0.6 is 0 Å². The SMILES string of the molecule is CCCN(C)S(=O)(=O)c1ccc(S(=O)(=O)F)cc1. The van der Waals surface area contributed by atoms with Crippen LogP contribution in [0.2, 0.25) is 0 Å². The van der Waals surface area contributed by atoms with Gasteiger partial charge >= 0.3 is 10.2 Å². The van der Waals surface area contributed by atoms with E-state index in [-0.39, 0.29) is 4.90 Å². The average Bonchev–Trinajstić information content (AvgIpc) is 2.28. The lowest BCUT2D eigenvalue weighted by atomic mass is 10.4. The van der Waals surface area contributed by atoms with Gasteiger partial charge in [0.05, 0.1) is 9.79 Å². The standard InChI is InChI=1S/C10H14FNO4S2/c1-3-8-12(2)18(15,16)10-6-4-9(5-7-10)17(11,13)14/h4-7H,3,8H2,1-2H3. The number of sulfonamides is 1. The van der Waals surface area contributed by atoms with Gasteiger partial charge in [0.1, 0.15) is 0 Å². The Kier molecular flexibility index (Phi) is 4.46. The molecule has 1 rings (SSSR count). The molecule has 5 nitrogen and oxygen atoms in total. The van der Waals surface area contributed by atoms with Crippen LogP contribution in [0, 0.1) is 0 Å². The number of nitrogens with zero attached hydrogens (tertiary/aromatic N) is 1. The Morgan fingerprint density at radius 1 is 1.06 bits per heavy atom. The van der Waals surface area contributed by atoms with E-state index in [2.05, 4.69) is 0 Å². The minimum Gasteiger partial charge on any atom is -0.207 e. The van der Waals surface area contributed by atoms with Crippen molar-refractivity contribution < 1.29 is 20.7 Å². The molecule has 0 unspecified atom stereocenters. The van der Waals surface area contributed by atoms with E-state index in [0.717, 1.165) is 28.6 Å². The molecular weight excluding hydrogens is 281 g/mol. The van der Waals surface area contributed by atoms with Gasteiger partial charge < -0.3 is 0 Å². The van der Waals surface area contributed by atoms with Crippen LogP contribution in [-0.4, -0.2) is 34.7 Å². The topological polar surface area (TPSA) is 71.5 Å². The van der Waals surface area contributed by atoms with Crippen LogP contribution in [0.5, 0.6) is 0 Å². The van der Waals surface area contributed by atoms with Crippen LogP contribution < -0.4 is 0 Å². The van der Waals surface area contributed by atoms with E-state index in [1.54, 1.807) is 0 Å². The molecule has 18 heavy (non-hydrogen) atoms. The second-order valence-electron chi connectivity index (χ2n) is 3.74. The molecule has 0 aromatic heterocycles. The molecule has 0 N–H and O–H groups in total. The largest absolute Gasteiger partial charge is 0.332 e. The molecule has 0 amide bonds. The van der Waals surface area contributed by atoms with Crippen LogP contribution in [-0.2, 0) is 20.2 Å². The van der Waals surface area contributed by atoms with Crippen molar-refractivity contribution in [1.29, 1.82) is 0 Å². The maximum Gasteiger partial charge on any atom is 0.332 e. The van der Waals surface area contributed by atoms with Gasteiger partial charge in [-0.2, -0.15) is 8.42 Å². The Labute approximate surface area is 106 Å². The van der Waals surface area contributed by atoms with E-state index in [1.165, 1.54) is 7.05 Å². The van der Waals surface area contributed by atoms with Crippen molar-refractivity contribution in [2.45, 2.75) is 23.1 Å². The maximum absolute atomic E-state index is 12.6. The Balaban J connectivity index is 3.13. The van der Waals surface area contributed by atoms with Gasteiger partial charge in [-0.15, -0.1) is 3.89 Å². The number of hydrogen-bond acceptors (Lipinski definition) is 4. The zero-order valence-corrected chi connectivity index (χ0v) is 11.6. The van der Waals surface area contributed by atoms with Crippen LogP contribution in [0.3, 0.4) is 0 Å². The summed E-state index contributed by atoms with van der Waals surface area (Å²) in [5, 5.41) is 0. The van der Waals surface area contributed by atoms with Crippen LogP contribution in [0.4, 0.5) is 3.89 Å². The molecule has 1 aromatic rings. The summed E-state index contributed by atoms with van der Waals surface area (Å²) < 4.78 is 58.9. The first-order valence-electron chi connectivity index (χ1n) is 5.20. The molecule has 0 aliphatic rings. The van der Waals surface area contributed by atoms with Crippen molar-refractivity contribution in [3.63, 3.8) is 0 Å². The first-order valence-corrected chi connectivity index (χ1v) is 8.03. The van der Waals surface area contributed by atoms with Crippen molar-refractivity contribution in [3.05, 3.63) is 24.3 Å². The van der Waals surface area contributed by atoms with Gasteiger partial charge in [-0.05, 0) is 30.7 Å². The maximum atomic E-state index is 12.6. The van der Waals surface area contributed by atoms with Crippen molar-refractivity contribution in [1.82, 2.24) is 4.31 Å². The highest BCUT2D eigenvalue weighted by Gasteiger charge is 2.21. The Bertz CT molecular complexity index is 608. The predicted molar refractivity (Wildman–Crippen MR) is 64.8 cm³/mol. The molecule has 0 saturated heterocycles. The fourth-order valence-electron chi connectivity index (χ4n) is 1.39. The van der Waals surface area contributed by atoms with Gasteiger partial charge in [-0.1, -0.05) is 6.92 Å². The van der Waals surface area contributed by atoms with Crippen molar-refractivity contribution in [2.24, 2.45) is 0 Å². The van der Waals surface area contributed by atoms with Gasteiger partial charge in [-0.3, -0.25) is 0 Å². The minimum atomic E-state index is -4.80. The van der Waals surface area contributed by atoms with Gasteiger partial charge in [0.2, 0.25) is 10.0 Å². The molecule has 0 fully saturated rings. The molecule has 0 heterocycles. The summed E-state index contributed by atoms with van der Waals surface area (Å²) in [6.07, 6.45) is 0.659. The molecular formula is C10H14FNO4S2. The van der Waals surface area contributed by atoms with Crippen LogP contribution in [0.15, 0.2) is 34.1 Å². The zero-order chi connectivity index (χ0) is 14.0. The van der Waals surface area contributed by atoms with E-state index in [0.29, 0.717) is 13.0 Å². The molecule has 0 bridgehead atoms. The highest BCUT2D eigenvalue weighted by Crippen LogP contribution is 2.18. The summed E-state index contributed by atoms with van der Waals surface area (Å²) in [5.74, 6) is 0. The van der Waals surface area contributed by atoms with E-state index in [9.17, 15) is 20.7 Å². The number of hydrogen-bond donors (Lipinski definition) is 0. The summed E-state index contributed by atoms with van der Waals surface area (Å²) in [4.78, 5) is -0.620. The highest BCUT2D eigenvalue weighted by atomic mass is 32.3. The van der Waals surface area contributed by atoms with E-state index >= 15 is 0 Å². The molecule has 1 aromatic carbocycles. The molecule has 0 aliphatic carbocycles. The van der Waals surface area contributed by atoms with Crippen molar-refractivity contribution in [3.8, 4) is 0 Å².